The van der Waals surface area contributed by atoms with Gasteiger partial charge in [-0.05, 0) is 24.3 Å². The molecule has 0 bridgehead atoms. The van der Waals surface area contributed by atoms with E-state index in [0.29, 0.717) is 5.69 Å². The van der Waals surface area contributed by atoms with Gasteiger partial charge in [0.15, 0.2) is 4.90 Å². The van der Waals surface area contributed by atoms with Crippen molar-refractivity contribution < 1.29 is 22.0 Å². The Kier molecular flexibility index (Phi) is 5.83. The van der Waals surface area contributed by atoms with Crippen molar-refractivity contribution in [3.05, 3.63) is 60.2 Å². The summed E-state index contributed by atoms with van der Waals surface area (Å²) in [5, 5.41) is 2.76. The van der Waals surface area contributed by atoms with Crippen molar-refractivity contribution in [3.8, 4) is 0 Å². The highest BCUT2D eigenvalue weighted by Gasteiger charge is 2.33. The minimum absolute atomic E-state index is 0.0503. The lowest BCUT2D eigenvalue weighted by molar-refractivity contribution is -0.117. The number of carbonyl (C=O) groups is 1. The van der Waals surface area contributed by atoms with E-state index in [0.717, 1.165) is 22.5 Å². The number of carbonyl (C=O) groups excluding carboxylic acids is 1. The molecule has 1 fully saturated rings. The SMILES string of the molecule is O=C(CN1CCN(S(=O)(=O)c2c(F)cccc2F)CC1)Nc1ccccc1. The summed E-state index contributed by atoms with van der Waals surface area (Å²) in [6.45, 7) is 0.787. The van der Waals surface area contributed by atoms with E-state index in [1.54, 1.807) is 29.2 Å². The predicted molar refractivity (Wildman–Crippen MR) is 96.6 cm³/mol. The van der Waals surface area contributed by atoms with Gasteiger partial charge in [0.2, 0.25) is 15.9 Å². The van der Waals surface area contributed by atoms with Gasteiger partial charge in [0.05, 0.1) is 6.54 Å². The number of benzene rings is 2. The third-order valence-electron chi connectivity index (χ3n) is 4.27. The number of hydrogen-bond donors (Lipinski definition) is 1. The van der Waals surface area contributed by atoms with Crippen LogP contribution >= 0.6 is 0 Å². The zero-order chi connectivity index (χ0) is 19.4. The first-order chi connectivity index (χ1) is 12.9. The average Bonchev–Trinajstić information content (AvgIpc) is 2.62. The van der Waals surface area contributed by atoms with E-state index < -0.39 is 26.6 Å². The fraction of sp³-hybridized carbons (Fsp3) is 0.278. The molecule has 9 heteroatoms. The number of hydrogen-bond acceptors (Lipinski definition) is 4. The van der Waals surface area contributed by atoms with Crippen molar-refractivity contribution in [2.45, 2.75) is 4.90 Å². The van der Waals surface area contributed by atoms with Crippen molar-refractivity contribution in [1.29, 1.82) is 0 Å². The Bertz CT molecular complexity index is 894. The van der Waals surface area contributed by atoms with Crippen molar-refractivity contribution in [2.24, 2.45) is 0 Å². The molecule has 3 rings (SSSR count). The van der Waals surface area contributed by atoms with Crippen molar-refractivity contribution in [2.75, 3.05) is 38.0 Å². The van der Waals surface area contributed by atoms with Gasteiger partial charge < -0.3 is 5.32 Å². The molecule has 6 nitrogen and oxygen atoms in total. The molecule has 1 aliphatic heterocycles. The summed E-state index contributed by atoms with van der Waals surface area (Å²) in [5.41, 5.74) is 0.679. The van der Waals surface area contributed by atoms with Crippen molar-refractivity contribution in [1.82, 2.24) is 9.21 Å². The van der Waals surface area contributed by atoms with Gasteiger partial charge in [-0.15, -0.1) is 0 Å². The largest absolute Gasteiger partial charge is 0.325 e. The Balaban J connectivity index is 1.59. The molecule has 1 saturated heterocycles. The van der Waals surface area contributed by atoms with Crippen molar-refractivity contribution in [3.63, 3.8) is 0 Å². The molecule has 0 aliphatic carbocycles. The first-order valence-electron chi connectivity index (χ1n) is 8.39. The number of amides is 1. The third kappa shape index (κ3) is 4.49. The van der Waals surface area contributed by atoms with E-state index in [1.165, 1.54) is 0 Å². The van der Waals surface area contributed by atoms with Gasteiger partial charge >= 0.3 is 0 Å². The Morgan fingerprint density at radius 3 is 2.11 bits per heavy atom. The molecule has 27 heavy (non-hydrogen) atoms. The van der Waals surface area contributed by atoms with E-state index in [1.807, 2.05) is 6.07 Å². The molecule has 0 atom stereocenters. The molecule has 1 N–H and O–H groups in total. The smallest absolute Gasteiger partial charge is 0.249 e. The molecule has 1 aliphatic rings. The number of piperazine rings is 1. The van der Waals surface area contributed by atoms with E-state index in [9.17, 15) is 22.0 Å². The quantitative estimate of drug-likeness (QED) is 0.840. The average molecular weight is 395 g/mol. The highest BCUT2D eigenvalue weighted by molar-refractivity contribution is 7.89. The van der Waals surface area contributed by atoms with Gasteiger partial charge in [0, 0.05) is 31.9 Å². The molecule has 144 valence electrons. The molecular formula is C18H19F2N3O3S. The van der Waals surface area contributed by atoms with E-state index in [2.05, 4.69) is 5.32 Å². The van der Waals surface area contributed by atoms with E-state index in [-0.39, 0.29) is 38.6 Å². The van der Waals surface area contributed by atoms with Gasteiger partial charge in [0.25, 0.3) is 0 Å². The standard InChI is InChI=1S/C18H19F2N3O3S/c19-15-7-4-8-16(20)18(15)27(25,26)23-11-9-22(10-12-23)13-17(24)21-14-5-2-1-3-6-14/h1-8H,9-13H2,(H,21,24). The number of rotatable bonds is 5. The van der Waals surface area contributed by atoms with Crippen molar-refractivity contribution >= 4 is 21.6 Å². The van der Waals surface area contributed by atoms with E-state index >= 15 is 0 Å². The van der Waals surface area contributed by atoms with Crippen LogP contribution in [-0.4, -0.2) is 56.3 Å². The third-order valence-corrected chi connectivity index (χ3v) is 6.22. The van der Waals surface area contributed by atoms with Crippen LogP contribution in [0.5, 0.6) is 0 Å². The second kappa shape index (κ2) is 8.12. The van der Waals surface area contributed by atoms with Crippen LogP contribution in [0.1, 0.15) is 0 Å². The maximum atomic E-state index is 13.8. The van der Waals surface area contributed by atoms with Crippen LogP contribution in [0.25, 0.3) is 0 Å². The summed E-state index contributed by atoms with van der Waals surface area (Å²) in [7, 11) is -4.27. The van der Waals surface area contributed by atoms with Crippen LogP contribution in [0.2, 0.25) is 0 Å². The summed E-state index contributed by atoms with van der Waals surface area (Å²) in [6, 6.07) is 11.9. The van der Waals surface area contributed by atoms with Gasteiger partial charge in [-0.2, -0.15) is 4.31 Å². The second-order valence-corrected chi connectivity index (χ2v) is 8.02. The van der Waals surface area contributed by atoms with E-state index in [4.69, 9.17) is 0 Å². The van der Waals surface area contributed by atoms with Gasteiger partial charge in [-0.1, -0.05) is 24.3 Å². The number of nitrogens with one attached hydrogen (secondary N) is 1. The zero-order valence-electron chi connectivity index (χ0n) is 14.4. The lowest BCUT2D eigenvalue weighted by atomic mass is 10.3. The number of anilines is 1. The molecule has 1 amide bonds. The van der Waals surface area contributed by atoms with Crippen LogP contribution in [0.3, 0.4) is 0 Å². The molecule has 1 heterocycles. The number of sulfonamides is 1. The summed E-state index contributed by atoms with van der Waals surface area (Å²) >= 11 is 0. The maximum Gasteiger partial charge on any atom is 0.249 e. The van der Waals surface area contributed by atoms with Gasteiger partial charge in [0.1, 0.15) is 11.6 Å². The highest BCUT2D eigenvalue weighted by atomic mass is 32.2. The zero-order valence-corrected chi connectivity index (χ0v) is 15.3. The fourth-order valence-electron chi connectivity index (χ4n) is 2.91. The molecule has 0 spiro atoms. The van der Waals surface area contributed by atoms with Crippen LogP contribution < -0.4 is 5.32 Å². The summed E-state index contributed by atoms with van der Waals surface area (Å²) in [4.78, 5) is 12.9. The van der Waals surface area contributed by atoms with Crippen LogP contribution in [0.4, 0.5) is 14.5 Å². The monoisotopic (exact) mass is 395 g/mol. The van der Waals surface area contributed by atoms with Crippen LogP contribution in [-0.2, 0) is 14.8 Å². The Morgan fingerprint density at radius 2 is 1.52 bits per heavy atom. The molecule has 2 aromatic carbocycles. The number of halogens is 2. The Hall–Kier alpha value is -2.36. The minimum Gasteiger partial charge on any atom is -0.325 e. The number of para-hydroxylation sites is 1. The normalized spacial score (nSPS) is 16.2. The predicted octanol–water partition coefficient (Wildman–Crippen LogP) is 1.91. The summed E-state index contributed by atoms with van der Waals surface area (Å²) < 4.78 is 53.8. The molecule has 0 unspecified atom stereocenters. The molecule has 0 radical (unpaired) electrons. The second-order valence-electron chi connectivity index (χ2n) is 6.15. The Labute approximate surface area is 156 Å². The highest BCUT2D eigenvalue weighted by Crippen LogP contribution is 2.23. The first kappa shape index (κ1) is 19.4. The fourth-order valence-corrected chi connectivity index (χ4v) is 4.44. The molecule has 2 aromatic rings. The van der Waals surface area contributed by atoms with Crippen LogP contribution in [0.15, 0.2) is 53.4 Å². The first-order valence-corrected chi connectivity index (χ1v) is 9.83. The molecule has 0 saturated carbocycles. The summed E-state index contributed by atoms with van der Waals surface area (Å²) in [6.07, 6.45) is 0. The lowest BCUT2D eigenvalue weighted by Crippen LogP contribution is -2.50. The lowest BCUT2D eigenvalue weighted by Gasteiger charge is -2.33. The van der Waals surface area contributed by atoms with Gasteiger partial charge in [-0.25, -0.2) is 17.2 Å². The number of nitrogens with zero attached hydrogens (tertiary/aromatic N) is 2. The maximum absolute atomic E-state index is 13.8. The molecular weight excluding hydrogens is 376 g/mol. The minimum atomic E-state index is -4.27. The Morgan fingerprint density at radius 1 is 0.926 bits per heavy atom. The van der Waals surface area contributed by atoms with Gasteiger partial charge in [-0.3, -0.25) is 9.69 Å². The topological polar surface area (TPSA) is 69.7 Å². The summed E-state index contributed by atoms with van der Waals surface area (Å²) in [5.74, 6) is -2.43. The molecule has 0 aromatic heterocycles. The van der Waals surface area contributed by atoms with Crippen LogP contribution in [0, 0.1) is 11.6 Å².